The lowest BCUT2D eigenvalue weighted by molar-refractivity contribution is -0.384. The molecule has 100 valence electrons. The summed E-state index contributed by atoms with van der Waals surface area (Å²) >= 11 is 0. The molecule has 1 heterocycles. The van der Waals surface area contributed by atoms with E-state index in [0.29, 0.717) is 31.3 Å². The summed E-state index contributed by atoms with van der Waals surface area (Å²) in [5, 5.41) is 16.8. The number of nitrogens with zero attached hydrogens (tertiary/aromatic N) is 2. The Labute approximate surface area is 106 Å². The zero-order valence-corrected chi connectivity index (χ0v) is 10.6. The van der Waals surface area contributed by atoms with E-state index in [0.717, 1.165) is 6.42 Å². The summed E-state index contributed by atoms with van der Waals surface area (Å²) in [4.78, 5) is 14.6. The zero-order valence-electron chi connectivity index (χ0n) is 10.6. The van der Waals surface area contributed by atoms with Crippen LogP contribution < -0.4 is 10.6 Å². The Morgan fingerprint density at radius 2 is 2.06 bits per heavy atom. The molecule has 0 aliphatic carbocycles. The Bertz CT molecular complexity index is 398. The minimum absolute atomic E-state index is 0.0233. The molecule has 0 saturated carbocycles. The van der Waals surface area contributed by atoms with Crippen molar-refractivity contribution < 1.29 is 9.66 Å². The van der Waals surface area contributed by atoms with E-state index in [1.807, 2.05) is 6.92 Å². The molecule has 0 amide bonds. The lowest BCUT2D eigenvalue weighted by Gasteiger charge is -2.08. The largest absolute Gasteiger partial charge is 0.385 e. The van der Waals surface area contributed by atoms with E-state index in [4.69, 9.17) is 4.74 Å². The highest BCUT2D eigenvalue weighted by Gasteiger charge is 2.10. The molecule has 0 atom stereocenters. The van der Waals surface area contributed by atoms with Gasteiger partial charge in [0.25, 0.3) is 5.69 Å². The molecule has 0 radical (unpaired) electrons. The van der Waals surface area contributed by atoms with Crippen molar-refractivity contribution in [2.75, 3.05) is 37.4 Å². The molecule has 0 aliphatic rings. The third kappa shape index (κ3) is 4.54. The van der Waals surface area contributed by atoms with Gasteiger partial charge in [0.15, 0.2) is 0 Å². The smallest absolute Gasteiger partial charge is 0.276 e. The molecule has 1 aromatic rings. The minimum atomic E-state index is -0.428. The molecule has 0 unspecified atom stereocenters. The normalized spacial score (nSPS) is 10.1. The Morgan fingerprint density at radius 3 is 2.61 bits per heavy atom. The van der Waals surface area contributed by atoms with Crippen molar-refractivity contribution in [3.05, 3.63) is 22.2 Å². The summed E-state index contributed by atoms with van der Waals surface area (Å²) in [5.74, 6) is 0.997. The Kier molecular flexibility index (Phi) is 5.86. The van der Waals surface area contributed by atoms with Crippen molar-refractivity contribution in [2.45, 2.75) is 13.3 Å². The molecule has 7 nitrogen and oxygen atoms in total. The summed E-state index contributed by atoms with van der Waals surface area (Å²) in [6.45, 7) is 3.87. The first kappa shape index (κ1) is 14.2. The number of aromatic nitrogens is 1. The number of anilines is 2. The molecule has 0 spiro atoms. The number of nitrogens with one attached hydrogen (secondary N) is 2. The fourth-order valence-electron chi connectivity index (χ4n) is 1.42. The van der Waals surface area contributed by atoms with Gasteiger partial charge in [-0.1, -0.05) is 0 Å². The van der Waals surface area contributed by atoms with E-state index >= 15 is 0 Å². The van der Waals surface area contributed by atoms with Crippen LogP contribution in [0.4, 0.5) is 17.3 Å². The number of hydrogen-bond acceptors (Lipinski definition) is 6. The fourth-order valence-corrected chi connectivity index (χ4v) is 1.42. The van der Waals surface area contributed by atoms with E-state index in [1.54, 1.807) is 7.11 Å². The maximum Gasteiger partial charge on any atom is 0.276 e. The first-order valence-corrected chi connectivity index (χ1v) is 5.80. The molecular formula is C11H18N4O3. The second kappa shape index (κ2) is 7.44. The molecule has 1 rings (SSSR count). The van der Waals surface area contributed by atoms with Crippen LogP contribution in [-0.4, -0.2) is 36.7 Å². The van der Waals surface area contributed by atoms with Crippen LogP contribution in [0.1, 0.15) is 13.3 Å². The zero-order chi connectivity index (χ0) is 13.4. The van der Waals surface area contributed by atoms with Crippen LogP contribution in [0.15, 0.2) is 12.1 Å². The topological polar surface area (TPSA) is 89.3 Å². The molecule has 0 bridgehead atoms. The highest BCUT2D eigenvalue weighted by molar-refractivity contribution is 5.54. The van der Waals surface area contributed by atoms with Gasteiger partial charge in [-0.2, -0.15) is 0 Å². The van der Waals surface area contributed by atoms with Crippen molar-refractivity contribution in [1.29, 1.82) is 0 Å². The summed E-state index contributed by atoms with van der Waals surface area (Å²) in [5.41, 5.74) is 0.0233. The van der Waals surface area contributed by atoms with Gasteiger partial charge in [0, 0.05) is 26.8 Å². The van der Waals surface area contributed by atoms with Crippen molar-refractivity contribution in [2.24, 2.45) is 0 Å². The quantitative estimate of drug-likeness (QED) is 0.418. The maximum absolute atomic E-state index is 10.8. The predicted octanol–water partition coefficient (Wildman–Crippen LogP) is 1.87. The SMILES string of the molecule is CCNc1cc([N+](=O)[O-])cc(NCCCOC)n1. The molecule has 2 N–H and O–H groups in total. The second-order valence-corrected chi connectivity index (χ2v) is 3.66. The highest BCUT2D eigenvalue weighted by atomic mass is 16.6. The van der Waals surface area contributed by atoms with E-state index < -0.39 is 4.92 Å². The van der Waals surface area contributed by atoms with Crippen LogP contribution in [0.25, 0.3) is 0 Å². The second-order valence-electron chi connectivity index (χ2n) is 3.66. The molecule has 0 fully saturated rings. The van der Waals surface area contributed by atoms with Gasteiger partial charge in [-0.3, -0.25) is 10.1 Å². The molecule has 0 aliphatic heterocycles. The summed E-state index contributed by atoms with van der Waals surface area (Å²) in [7, 11) is 1.63. The number of ether oxygens (including phenoxy) is 1. The average molecular weight is 254 g/mol. The van der Waals surface area contributed by atoms with Crippen LogP contribution in [0.5, 0.6) is 0 Å². The number of nitro groups is 1. The van der Waals surface area contributed by atoms with E-state index in [9.17, 15) is 10.1 Å². The molecule has 1 aromatic heterocycles. The van der Waals surface area contributed by atoms with Gasteiger partial charge < -0.3 is 15.4 Å². The summed E-state index contributed by atoms with van der Waals surface area (Å²) < 4.78 is 4.92. The average Bonchev–Trinajstić information content (AvgIpc) is 2.35. The number of methoxy groups -OCH3 is 1. The fraction of sp³-hybridized carbons (Fsp3) is 0.545. The highest BCUT2D eigenvalue weighted by Crippen LogP contribution is 2.20. The maximum atomic E-state index is 10.8. The van der Waals surface area contributed by atoms with Crippen molar-refractivity contribution >= 4 is 17.3 Å². The van der Waals surface area contributed by atoms with Gasteiger partial charge in [0.05, 0.1) is 17.1 Å². The Morgan fingerprint density at radius 1 is 1.39 bits per heavy atom. The van der Waals surface area contributed by atoms with Gasteiger partial charge >= 0.3 is 0 Å². The van der Waals surface area contributed by atoms with Crippen LogP contribution in [0.3, 0.4) is 0 Å². The monoisotopic (exact) mass is 254 g/mol. The van der Waals surface area contributed by atoms with Crippen molar-refractivity contribution in [3.8, 4) is 0 Å². The summed E-state index contributed by atoms with van der Waals surface area (Å²) in [6, 6.07) is 2.84. The van der Waals surface area contributed by atoms with Gasteiger partial charge in [0.2, 0.25) is 0 Å². The lowest BCUT2D eigenvalue weighted by Crippen LogP contribution is -2.08. The first-order valence-electron chi connectivity index (χ1n) is 5.80. The Balaban J connectivity index is 2.72. The van der Waals surface area contributed by atoms with E-state index in [1.165, 1.54) is 12.1 Å². The molecule has 7 heteroatoms. The number of rotatable bonds is 8. The Hall–Kier alpha value is -1.89. The minimum Gasteiger partial charge on any atom is -0.385 e. The van der Waals surface area contributed by atoms with Crippen LogP contribution in [-0.2, 0) is 4.74 Å². The predicted molar refractivity (Wildman–Crippen MR) is 70.0 cm³/mol. The molecule has 0 saturated heterocycles. The first-order chi connectivity index (χ1) is 8.67. The third-order valence-corrected chi connectivity index (χ3v) is 2.21. The molecule has 18 heavy (non-hydrogen) atoms. The van der Waals surface area contributed by atoms with Gasteiger partial charge in [0.1, 0.15) is 11.6 Å². The van der Waals surface area contributed by atoms with E-state index in [2.05, 4.69) is 15.6 Å². The van der Waals surface area contributed by atoms with Gasteiger partial charge in [-0.15, -0.1) is 0 Å². The van der Waals surface area contributed by atoms with E-state index in [-0.39, 0.29) is 5.69 Å². The third-order valence-electron chi connectivity index (χ3n) is 2.21. The standard InChI is InChI=1S/C11H18N4O3/c1-3-12-10-7-9(15(16)17)8-11(14-10)13-5-4-6-18-2/h7-8H,3-6H2,1-2H3,(H2,12,13,14). The van der Waals surface area contributed by atoms with Gasteiger partial charge in [-0.05, 0) is 13.3 Å². The van der Waals surface area contributed by atoms with Crippen LogP contribution in [0, 0.1) is 10.1 Å². The summed E-state index contributed by atoms with van der Waals surface area (Å²) in [6.07, 6.45) is 0.817. The van der Waals surface area contributed by atoms with Crippen molar-refractivity contribution in [1.82, 2.24) is 4.98 Å². The molecular weight excluding hydrogens is 236 g/mol. The number of pyridine rings is 1. The molecule has 0 aromatic carbocycles. The van der Waals surface area contributed by atoms with Crippen LogP contribution in [0.2, 0.25) is 0 Å². The van der Waals surface area contributed by atoms with Gasteiger partial charge in [-0.25, -0.2) is 4.98 Å². The number of hydrogen-bond donors (Lipinski definition) is 2. The van der Waals surface area contributed by atoms with Crippen molar-refractivity contribution in [3.63, 3.8) is 0 Å². The lowest BCUT2D eigenvalue weighted by atomic mass is 10.3. The van der Waals surface area contributed by atoms with Crippen LogP contribution >= 0.6 is 0 Å².